The van der Waals surface area contributed by atoms with E-state index in [4.69, 9.17) is 0 Å². The normalized spacial score (nSPS) is 17.7. The fraction of sp³-hybridized carbons (Fsp3) is 0.233. The van der Waals surface area contributed by atoms with Crippen LogP contribution in [-0.2, 0) is 11.0 Å². The summed E-state index contributed by atoms with van der Waals surface area (Å²) in [6.45, 7) is 3.41. The highest BCUT2D eigenvalue weighted by molar-refractivity contribution is 6.05. The van der Waals surface area contributed by atoms with Gasteiger partial charge in [-0.15, -0.1) is 0 Å². The van der Waals surface area contributed by atoms with Crippen molar-refractivity contribution < 1.29 is 32.3 Å². The predicted molar refractivity (Wildman–Crippen MR) is 143 cm³/mol. The SMILES string of the molecule is CCN1C(=O)[C@H](NC(=O)c2cccc(C(F)(F)F)c2)[C@H](c2ccc(F)cc2)c2c([C@@H](C)O)nn(-c3ccccc3)c21. The molecule has 7 nitrogen and oxygen atoms in total. The van der Waals surface area contributed by atoms with Crippen LogP contribution in [0.15, 0.2) is 78.9 Å². The number of hydrogen-bond acceptors (Lipinski definition) is 4. The lowest BCUT2D eigenvalue weighted by atomic mass is 9.80. The Morgan fingerprint density at radius 3 is 2.34 bits per heavy atom. The number of alkyl halides is 3. The van der Waals surface area contributed by atoms with Gasteiger partial charge in [-0.05, 0) is 61.9 Å². The third-order valence-electron chi connectivity index (χ3n) is 7.04. The molecule has 0 radical (unpaired) electrons. The topological polar surface area (TPSA) is 87.5 Å². The quantitative estimate of drug-likeness (QED) is 0.307. The molecule has 212 valence electrons. The standard InChI is InChI=1S/C30H26F4N4O3/c1-3-37-28-24(25(17(2)39)36-38(28)22-10-5-4-6-11-22)23(18-12-14-21(31)15-13-18)26(29(37)41)35-27(40)19-8-7-9-20(16-19)30(32,33)34/h4-17,23,26,39H,3H2,1-2H3,(H,35,40)/t17-,23-,26-/m1/s1. The Bertz CT molecular complexity index is 1580. The van der Waals surface area contributed by atoms with Gasteiger partial charge in [0.15, 0.2) is 0 Å². The summed E-state index contributed by atoms with van der Waals surface area (Å²) in [5.74, 6) is -2.53. The molecule has 5 rings (SSSR count). The van der Waals surface area contributed by atoms with Crippen molar-refractivity contribution in [3.8, 4) is 5.69 Å². The number of fused-ring (bicyclic) bond motifs is 1. The summed E-state index contributed by atoms with van der Waals surface area (Å²) in [5, 5.41) is 18.1. The molecule has 3 atom stereocenters. The number of aliphatic hydroxyl groups is 1. The predicted octanol–water partition coefficient (Wildman–Crippen LogP) is 5.38. The molecule has 0 saturated heterocycles. The van der Waals surface area contributed by atoms with Crippen LogP contribution in [0.4, 0.5) is 23.4 Å². The van der Waals surface area contributed by atoms with Crippen LogP contribution in [0.2, 0.25) is 0 Å². The molecule has 2 heterocycles. The highest BCUT2D eigenvalue weighted by Gasteiger charge is 2.46. The van der Waals surface area contributed by atoms with E-state index < -0.39 is 47.4 Å². The number of rotatable bonds is 6. The Hall–Kier alpha value is -4.51. The number of carbonyl (C=O) groups excluding carboxylic acids is 2. The van der Waals surface area contributed by atoms with Gasteiger partial charge in [0.2, 0.25) is 0 Å². The summed E-state index contributed by atoms with van der Waals surface area (Å²) in [7, 11) is 0. The van der Waals surface area contributed by atoms with E-state index in [-0.39, 0.29) is 17.8 Å². The van der Waals surface area contributed by atoms with E-state index >= 15 is 0 Å². The van der Waals surface area contributed by atoms with Crippen molar-refractivity contribution in [2.24, 2.45) is 0 Å². The van der Waals surface area contributed by atoms with E-state index in [2.05, 4.69) is 10.4 Å². The first-order valence-electron chi connectivity index (χ1n) is 12.9. The molecule has 0 bridgehead atoms. The van der Waals surface area contributed by atoms with Gasteiger partial charge in [-0.2, -0.15) is 18.3 Å². The van der Waals surface area contributed by atoms with E-state index in [0.29, 0.717) is 28.7 Å². The van der Waals surface area contributed by atoms with Crippen molar-refractivity contribution in [2.75, 3.05) is 11.4 Å². The monoisotopic (exact) mass is 566 g/mol. The number of amides is 2. The molecule has 2 amide bonds. The molecule has 11 heteroatoms. The molecule has 0 spiro atoms. The lowest BCUT2D eigenvalue weighted by Gasteiger charge is -2.38. The maximum atomic E-state index is 14.1. The van der Waals surface area contributed by atoms with Crippen LogP contribution in [-0.4, -0.2) is 39.3 Å². The first-order chi connectivity index (χ1) is 19.5. The molecule has 0 fully saturated rings. The minimum Gasteiger partial charge on any atom is -0.387 e. The third kappa shape index (κ3) is 5.20. The van der Waals surface area contributed by atoms with Crippen LogP contribution >= 0.6 is 0 Å². The van der Waals surface area contributed by atoms with E-state index in [1.165, 1.54) is 42.2 Å². The number of para-hydroxylation sites is 1. The van der Waals surface area contributed by atoms with E-state index in [1.54, 1.807) is 35.9 Å². The molecule has 4 aromatic rings. The summed E-state index contributed by atoms with van der Waals surface area (Å²) >= 11 is 0. The molecule has 1 aromatic heterocycles. The molecule has 1 aliphatic heterocycles. The van der Waals surface area contributed by atoms with E-state index in [9.17, 15) is 32.3 Å². The second-order valence-electron chi connectivity index (χ2n) is 9.69. The number of aliphatic hydroxyl groups excluding tert-OH is 1. The first kappa shape index (κ1) is 28.0. The van der Waals surface area contributed by atoms with E-state index in [0.717, 1.165) is 12.1 Å². The summed E-state index contributed by atoms with van der Waals surface area (Å²) in [6, 6.07) is 16.9. The molecule has 41 heavy (non-hydrogen) atoms. The Kier molecular flexibility index (Phi) is 7.39. The maximum absolute atomic E-state index is 14.1. The molecule has 3 aromatic carbocycles. The number of benzene rings is 3. The maximum Gasteiger partial charge on any atom is 0.416 e. The van der Waals surface area contributed by atoms with Gasteiger partial charge >= 0.3 is 6.18 Å². The Labute approximate surface area is 233 Å². The molecular formula is C30H26F4N4O3. The number of anilines is 1. The van der Waals surface area contributed by atoms with Crippen molar-refractivity contribution in [3.63, 3.8) is 0 Å². The number of likely N-dealkylation sites (N-methyl/N-ethyl adjacent to an activating group) is 1. The van der Waals surface area contributed by atoms with Gasteiger partial charge in [-0.25, -0.2) is 9.07 Å². The van der Waals surface area contributed by atoms with Crippen LogP contribution in [0, 0.1) is 5.82 Å². The second-order valence-corrected chi connectivity index (χ2v) is 9.69. The summed E-state index contributed by atoms with van der Waals surface area (Å²) in [6.07, 6.45) is -5.76. The zero-order chi connectivity index (χ0) is 29.5. The number of nitrogens with one attached hydrogen (secondary N) is 1. The zero-order valence-electron chi connectivity index (χ0n) is 22.1. The van der Waals surface area contributed by atoms with Crippen molar-refractivity contribution in [2.45, 2.75) is 38.1 Å². The molecule has 0 unspecified atom stereocenters. The van der Waals surface area contributed by atoms with Gasteiger partial charge in [-0.1, -0.05) is 36.4 Å². The zero-order valence-corrected chi connectivity index (χ0v) is 22.1. The second kappa shape index (κ2) is 10.8. The summed E-state index contributed by atoms with van der Waals surface area (Å²) in [4.78, 5) is 28.8. The van der Waals surface area contributed by atoms with Gasteiger partial charge in [0, 0.05) is 23.6 Å². The van der Waals surface area contributed by atoms with Crippen LogP contribution < -0.4 is 10.2 Å². The van der Waals surface area contributed by atoms with Crippen LogP contribution in [0.1, 0.15) is 58.6 Å². The minimum atomic E-state index is -4.67. The van der Waals surface area contributed by atoms with Gasteiger partial charge in [-0.3, -0.25) is 14.5 Å². The van der Waals surface area contributed by atoms with Gasteiger partial charge in [0.1, 0.15) is 17.7 Å². The summed E-state index contributed by atoms with van der Waals surface area (Å²) < 4.78 is 55.5. The largest absolute Gasteiger partial charge is 0.416 e. The van der Waals surface area contributed by atoms with E-state index in [1.807, 2.05) is 6.07 Å². The van der Waals surface area contributed by atoms with Crippen molar-refractivity contribution >= 4 is 17.6 Å². The highest BCUT2D eigenvalue weighted by Crippen LogP contribution is 2.45. The van der Waals surface area contributed by atoms with Crippen molar-refractivity contribution in [1.82, 2.24) is 15.1 Å². The van der Waals surface area contributed by atoms with Crippen LogP contribution in [0.25, 0.3) is 5.69 Å². The van der Waals surface area contributed by atoms with Crippen LogP contribution in [0.3, 0.4) is 0 Å². The minimum absolute atomic E-state index is 0.162. The average Bonchev–Trinajstić information content (AvgIpc) is 3.34. The first-order valence-corrected chi connectivity index (χ1v) is 12.9. The summed E-state index contributed by atoms with van der Waals surface area (Å²) in [5.41, 5.74) is 0.448. The fourth-order valence-electron chi connectivity index (χ4n) is 5.18. The molecule has 1 aliphatic rings. The Morgan fingerprint density at radius 1 is 1.05 bits per heavy atom. The Morgan fingerprint density at radius 2 is 1.73 bits per heavy atom. The number of nitrogens with zero attached hydrogens (tertiary/aromatic N) is 3. The van der Waals surface area contributed by atoms with Crippen molar-refractivity contribution in [1.29, 1.82) is 0 Å². The molecule has 0 aliphatic carbocycles. The number of hydrogen-bond donors (Lipinski definition) is 2. The highest BCUT2D eigenvalue weighted by atomic mass is 19.4. The fourth-order valence-corrected chi connectivity index (χ4v) is 5.18. The molecule has 0 saturated carbocycles. The molecule has 2 N–H and O–H groups in total. The lowest BCUT2D eigenvalue weighted by molar-refractivity contribution is -0.137. The van der Waals surface area contributed by atoms with Gasteiger partial charge in [0.25, 0.3) is 11.8 Å². The molecular weight excluding hydrogens is 540 g/mol. The van der Waals surface area contributed by atoms with Gasteiger partial charge < -0.3 is 10.4 Å². The number of carbonyl (C=O) groups is 2. The number of aromatic nitrogens is 2. The third-order valence-corrected chi connectivity index (χ3v) is 7.04. The smallest absolute Gasteiger partial charge is 0.387 e. The Balaban J connectivity index is 1.70. The van der Waals surface area contributed by atoms with Crippen molar-refractivity contribution in [3.05, 3.63) is 113 Å². The van der Waals surface area contributed by atoms with Crippen LogP contribution in [0.5, 0.6) is 0 Å². The lowest BCUT2D eigenvalue weighted by Crippen LogP contribution is -2.55. The van der Waals surface area contributed by atoms with Gasteiger partial charge in [0.05, 0.1) is 23.0 Å². The number of halogens is 4. The average molecular weight is 567 g/mol.